The standard InChI is InChI=1S/C23H27BrO6S/c1-16-5-10-20(11-6-16)31(26,27)30-13-3-4-19(17-7-8-17)15-29-22-12-9-18(14-21(22)24)23(25)28-2/h5-6,9-12,14,17,19H,3-4,7-8,13,15H2,1-2H3. The molecule has 1 aliphatic carbocycles. The number of esters is 1. The Balaban J connectivity index is 1.49. The zero-order chi connectivity index (χ0) is 22.4. The van der Waals surface area contributed by atoms with Crippen LogP contribution in [0.15, 0.2) is 51.8 Å². The Morgan fingerprint density at radius 3 is 2.48 bits per heavy atom. The first-order valence-corrected chi connectivity index (χ1v) is 12.5. The lowest BCUT2D eigenvalue weighted by Crippen LogP contribution is -2.16. The van der Waals surface area contributed by atoms with Crippen LogP contribution in [0.3, 0.4) is 0 Å². The molecule has 1 aliphatic rings. The van der Waals surface area contributed by atoms with Crippen molar-refractivity contribution in [2.45, 2.75) is 37.5 Å². The number of hydrogen-bond acceptors (Lipinski definition) is 6. The van der Waals surface area contributed by atoms with Crippen LogP contribution in [-0.4, -0.2) is 34.7 Å². The normalized spacial score (nSPS) is 14.8. The molecule has 6 nitrogen and oxygen atoms in total. The Hall–Kier alpha value is -1.90. The van der Waals surface area contributed by atoms with Crippen molar-refractivity contribution in [2.75, 3.05) is 20.3 Å². The number of carbonyl (C=O) groups is 1. The van der Waals surface area contributed by atoms with E-state index in [0.717, 1.165) is 12.0 Å². The SMILES string of the molecule is COC(=O)c1ccc(OCC(CCCOS(=O)(=O)c2ccc(C)cc2)C2CC2)c(Br)c1. The van der Waals surface area contributed by atoms with Gasteiger partial charge < -0.3 is 9.47 Å². The van der Waals surface area contributed by atoms with E-state index in [-0.39, 0.29) is 11.5 Å². The van der Waals surface area contributed by atoms with Crippen LogP contribution < -0.4 is 4.74 Å². The van der Waals surface area contributed by atoms with E-state index in [9.17, 15) is 13.2 Å². The Kier molecular flexibility index (Phi) is 8.13. The highest BCUT2D eigenvalue weighted by Gasteiger charge is 2.31. The molecule has 31 heavy (non-hydrogen) atoms. The van der Waals surface area contributed by atoms with Crippen molar-refractivity contribution >= 4 is 32.0 Å². The van der Waals surface area contributed by atoms with E-state index in [4.69, 9.17) is 13.7 Å². The molecule has 0 aliphatic heterocycles. The van der Waals surface area contributed by atoms with Crippen LogP contribution in [0.1, 0.15) is 41.6 Å². The zero-order valence-corrected chi connectivity index (χ0v) is 20.1. The smallest absolute Gasteiger partial charge is 0.337 e. The van der Waals surface area contributed by atoms with Gasteiger partial charge in [0.15, 0.2) is 0 Å². The summed E-state index contributed by atoms with van der Waals surface area (Å²) in [6.45, 7) is 2.59. The molecule has 0 amide bonds. The Bertz CT molecular complexity index is 999. The minimum atomic E-state index is -3.73. The lowest BCUT2D eigenvalue weighted by atomic mass is 9.99. The van der Waals surface area contributed by atoms with Crippen LogP contribution in [0.5, 0.6) is 5.75 Å². The highest BCUT2D eigenvalue weighted by molar-refractivity contribution is 9.10. The fourth-order valence-electron chi connectivity index (χ4n) is 3.37. The molecule has 8 heteroatoms. The maximum absolute atomic E-state index is 12.3. The van der Waals surface area contributed by atoms with Gasteiger partial charge in [0.2, 0.25) is 0 Å². The van der Waals surface area contributed by atoms with Gasteiger partial charge in [-0.2, -0.15) is 8.42 Å². The fourth-order valence-corrected chi connectivity index (χ4v) is 4.81. The Labute approximate surface area is 192 Å². The number of methoxy groups -OCH3 is 1. The van der Waals surface area contributed by atoms with Crippen molar-refractivity contribution in [2.24, 2.45) is 11.8 Å². The van der Waals surface area contributed by atoms with Gasteiger partial charge in [-0.1, -0.05) is 17.7 Å². The third kappa shape index (κ3) is 6.79. The van der Waals surface area contributed by atoms with Crippen molar-refractivity contribution in [3.8, 4) is 5.75 Å². The average Bonchev–Trinajstić information content (AvgIpc) is 3.59. The number of benzene rings is 2. The summed E-state index contributed by atoms with van der Waals surface area (Å²) in [6, 6.07) is 11.7. The van der Waals surface area contributed by atoms with E-state index in [1.54, 1.807) is 42.5 Å². The molecule has 0 saturated heterocycles. The highest BCUT2D eigenvalue weighted by atomic mass is 79.9. The molecule has 1 saturated carbocycles. The van der Waals surface area contributed by atoms with Crippen LogP contribution in [0, 0.1) is 18.8 Å². The summed E-state index contributed by atoms with van der Waals surface area (Å²) in [7, 11) is -2.39. The third-order valence-corrected chi connectivity index (χ3v) is 7.31. The molecule has 168 valence electrons. The van der Waals surface area contributed by atoms with Crippen LogP contribution in [-0.2, 0) is 19.0 Å². The van der Waals surface area contributed by atoms with E-state index in [2.05, 4.69) is 15.9 Å². The molecular formula is C23H27BrO6S. The lowest BCUT2D eigenvalue weighted by Gasteiger charge is -2.18. The molecule has 1 unspecified atom stereocenters. The average molecular weight is 511 g/mol. The summed E-state index contributed by atoms with van der Waals surface area (Å²) in [5, 5.41) is 0. The second-order valence-corrected chi connectivity index (χ2v) is 10.2. The first kappa shape index (κ1) is 23.8. The van der Waals surface area contributed by atoms with Gasteiger partial charge in [0.05, 0.1) is 35.3 Å². The molecular weight excluding hydrogens is 484 g/mol. The van der Waals surface area contributed by atoms with E-state index < -0.39 is 16.1 Å². The molecule has 1 fully saturated rings. The van der Waals surface area contributed by atoms with Crippen LogP contribution >= 0.6 is 15.9 Å². The zero-order valence-electron chi connectivity index (χ0n) is 17.7. The largest absolute Gasteiger partial charge is 0.492 e. The van der Waals surface area contributed by atoms with E-state index in [1.165, 1.54) is 20.0 Å². The maximum Gasteiger partial charge on any atom is 0.337 e. The molecule has 2 aromatic rings. The highest BCUT2D eigenvalue weighted by Crippen LogP contribution is 2.40. The predicted molar refractivity (Wildman–Crippen MR) is 121 cm³/mol. The number of carbonyl (C=O) groups excluding carboxylic acids is 1. The van der Waals surface area contributed by atoms with Gasteiger partial charge in [0.25, 0.3) is 10.1 Å². The monoisotopic (exact) mass is 510 g/mol. The maximum atomic E-state index is 12.3. The van der Waals surface area contributed by atoms with E-state index in [0.29, 0.717) is 40.6 Å². The van der Waals surface area contributed by atoms with E-state index in [1.807, 2.05) is 6.92 Å². The van der Waals surface area contributed by atoms with Gasteiger partial charge in [0, 0.05) is 0 Å². The van der Waals surface area contributed by atoms with E-state index >= 15 is 0 Å². The summed E-state index contributed by atoms with van der Waals surface area (Å²) in [5.41, 5.74) is 1.45. The second kappa shape index (κ2) is 10.6. The first-order valence-electron chi connectivity index (χ1n) is 10.3. The van der Waals surface area contributed by atoms with Gasteiger partial charge in [0.1, 0.15) is 5.75 Å². The topological polar surface area (TPSA) is 78.9 Å². The molecule has 0 radical (unpaired) electrons. The van der Waals surface area contributed by atoms with Crippen molar-refractivity contribution in [1.82, 2.24) is 0 Å². The minimum absolute atomic E-state index is 0.150. The molecule has 2 aromatic carbocycles. The lowest BCUT2D eigenvalue weighted by molar-refractivity contribution is 0.0600. The predicted octanol–water partition coefficient (Wildman–Crippen LogP) is 5.13. The summed E-state index contributed by atoms with van der Waals surface area (Å²) in [4.78, 5) is 11.8. The molecule has 1 atom stereocenters. The molecule has 0 aromatic heterocycles. The Morgan fingerprint density at radius 2 is 1.87 bits per heavy atom. The molecule has 0 heterocycles. The number of aryl methyl sites for hydroxylation is 1. The minimum Gasteiger partial charge on any atom is -0.492 e. The molecule has 0 bridgehead atoms. The van der Waals surface area contributed by atoms with Crippen LogP contribution in [0.2, 0.25) is 0 Å². The summed E-state index contributed by atoms with van der Waals surface area (Å²) in [6.07, 6.45) is 3.79. The molecule has 0 N–H and O–H groups in total. The van der Waals surface area contributed by atoms with Gasteiger partial charge in [-0.3, -0.25) is 4.18 Å². The second-order valence-electron chi connectivity index (χ2n) is 7.78. The van der Waals surface area contributed by atoms with Crippen molar-refractivity contribution in [3.05, 3.63) is 58.1 Å². The van der Waals surface area contributed by atoms with Gasteiger partial charge in [-0.05, 0) is 90.7 Å². The summed E-state index contributed by atoms with van der Waals surface area (Å²) >= 11 is 3.44. The third-order valence-electron chi connectivity index (χ3n) is 5.36. The Morgan fingerprint density at radius 1 is 1.16 bits per heavy atom. The molecule has 3 rings (SSSR count). The fraction of sp³-hybridized carbons (Fsp3) is 0.435. The quantitative estimate of drug-likeness (QED) is 0.236. The van der Waals surface area contributed by atoms with Crippen molar-refractivity contribution in [3.63, 3.8) is 0 Å². The number of rotatable bonds is 11. The van der Waals surface area contributed by atoms with Crippen molar-refractivity contribution < 1.29 is 26.9 Å². The van der Waals surface area contributed by atoms with Gasteiger partial charge in [-0.25, -0.2) is 4.79 Å². The summed E-state index contributed by atoms with van der Waals surface area (Å²) < 4.78 is 41.2. The molecule has 0 spiro atoms. The van der Waals surface area contributed by atoms with Crippen molar-refractivity contribution in [1.29, 1.82) is 0 Å². The number of ether oxygens (including phenoxy) is 2. The van der Waals surface area contributed by atoms with Gasteiger partial charge >= 0.3 is 5.97 Å². The first-order chi connectivity index (χ1) is 14.8. The van der Waals surface area contributed by atoms with Crippen LogP contribution in [0.4, 0.5) is 0 Å². The number of hydrogen-bond donors (Lipinski definition) is 0. The van der Waals surface area contributed by atoms with Crippen LogP contribution in [0.25, 0.3) is 0 Å². The van der Waals surface area contributed by atoms with Gasteiger partial charge in [-0.15, -0.1) is 0 Å². The summed E-state index contributed by atoms with van der Waals surface area (Å²) in [5.74, 6) is 1.19. The number of halogens is 1.